The van der Waals surface area contributed by atoms with E-state index >= 15 is 0 Å². The molecule has 21 heavy (non-hydrogen) atoms. The van der Waals surface area contributed by atoms with E-state index in [2.05, 4.69) is 20.5 Å². The van der Waals surface area contributed by atoms with Crippen molar-refractivity contribution in [3.63, 3.8) is 0 Å². The number of aromatic nitrogens is 3. The molecule has 0 radical (unpaired) electrons. The first-order valence-electron chi connectivity index (χ1n) is 7.32. The number of hydrogen-bond donors (Lipinski definition) is 2. The molecule has 2 unspecified atom stereocenters. The Labute approximate surface area is 123 Å². The van der Waals surface area contributed by atoms with E-state index in [0.29, 0.717) is 19.3 Å². The highest BCUT2D eigenvalue weighted by Gasteiger charge is 2.38. The molecule has 1 amide bonds. The maximum atomic E-state index is 12.2. The summed E-state index contributed by atoms with van der Waals surface area (Å²) in [5.74, 6) is -2.21. The Morgan fingerprint density at radius 1 is 1.14 bits per heavy atom. The lowest BCUT2D eigenvalue weighted by atomic mass is 9.95. The lowest BCUT2D eigenvalue weighted by Crippen LogP contribution is -2.30. The van der Waals surface area contributed by atoms with Gasteiger partial charge in [0, 0.05) is 0 Å². The lowest BCUT2D eigenvalue weighted by molar-refractivity contribution is -0.145. The second kappa shape index (κ2) is 6.60. The van der Waals surface area contributed by atoms with Crippen LogP contribution in [0.5, 0.6) is 0 Å². The number of rotatable bonds is 5. The van der Waals surface area contributed by atoms with Crippen molar-refractivity contribution in [1.29, 1.82) is 0 Å². The first kappa shape index (κ1) is 15.3. The van der Waals surface area contributed by atoms with Crippen LogP contribution in [-0.4, -0.2) is 32.2 Å². The summed E-state index contributed by atoms with van der Waals surface area (Å²) in [5.41, 5.74) is 1.63. The third-order valence-electron chi connectivity index (χ3n) is 3.91. The summed E-state index contributed by atoms with van der Waals surface area (Å²) in [5, 5.41) is 19.7. The molecule has 1 aliphatic rings. The van der Waals surface area contributed by atoms with Gasteiger partial charge in [-0.05, 0) is 25.7 Å². The molecule has 1 aromatic rings. The van der Waals surface area contributed by atoms with Crippen molar-refractivity contribution in [1.82, 2.24) is 15.2 Å². The van der Waals surface area contributed by atoms with Gasteiger partial charge in [-0.15, -0.1) is 10.2 Å². The Balaban J connectivity index is 2.11. The zero-order chi connectivity index (χ0) is 15.4. The number of hydrogen-bond acceptors (Lipinski definition) is 5. The average molecular weight is 292 g/mol. The number of anilines is 1. The molecule has 1 heterocycles. The molecular formula is C14H20N4O3. The van der Waals surface area contributed by atoms with E-state index in [1.54, 1.807) is 0 Å². The predicted molar refractivity (Wildman–Crippen MR) is 75.7 cm³/mol. The second-order valence-electron chi connectivity index (χ2n) is 5.21. The molecule has 0 bridgehead atoms. The molecule has 1 fully saturated rings. The maximum Gasteiger partial charge on any atom is 0.307 e. The third kappa shape index (κ3) is 3.34. The fourth-order valence-corrected chi connectivity index (χ4v) is 2.76. The van der Waals surface area contributed by atoms with Crippen LogP contribution in [-0.2, 0) is 22.4 Å². The molecule has 1 saturated carbocycles. The normalized spacial score (nSPS) is 21.2. The molecule has 1 aliphatic carbocycles. The predicted octanol–water partition coefficient (Wildman–Crippen LogP) is 1.44. The van der Waals surface area contributed by atoms with E-state index in [1.807, 2.05) is 13.8 Å². The van der Waals surface area contributed by atoms with Crippen LogP contribution in [0.2, 0.25) is 0 Å². The van der Waals surface area contributed by atoms with Gasteiger partial charge in [0.1, 0.15) is 0 Å². The van der Waals surface area contributed by atoms with Gasteiger partial charge in [0.05, 0.1) is 23.2 Å². The molecule has 0 spiro atoms. The average Bonchev–Trinajstić information content (AvgIpc) is 2.96. The SMILES string of the molecule is CCc1nnc(NC(=O)C2CCCC2C(=O)O)nc1CC. The van der Waals surface area contributed by atoms with Gasteiger partial charge < -0.3 is 5.11 Å². The van der Waals surface area contributed by atoms with Crippen LogP contribution < -0.4 is 5.32 Å². The summed E-state index contributed by atoms with van der Waals surface area (Å²) in [6, 6.07) is 0. The number of carboxylic acid groups (broad SMARTS) is 1. The maximum absolute atomic E-state index is 12.2. The summed E-state index contributed by atoms with van der Waals surface area (Å²) >= 11 is 0. The Kier molecular flexibility index (Phi) is 4.82. The zero-order valence-electron chi connectivity index (χ0n) is 12.3. The Morgan fingerprint density at radius 2 is 1.81 bits per heavy atom. The quantitative estimate of drug-likeness (QED) is 0.850. The number of amides is 1. The second-order valence-corrected chi connectivity index (χ2v) is 5.21. The van der Waals surface area contributed by atoms with Crippen LogP contribution in [0.15, 0.2) is 0 Å². The van der Waals surface area contributed by atoms with Crippen LogP contribution in [0.3, 0.4) is 0 Å². The Bertz CT molecular complexity index is 547. The highest BCUT2D eigenvalue weighted by Crippen LogP contribution is 2.32. The molecule has 1 aromatic heterocycles. The van der Waals surface area contributed by atoms with E-state index < -0.39 is 17.8 Å². The molecule has 114 valence electrons. The van der Waals surface area contributed by atoms with Gasteiger partial charge in [-0.1, -0.05) is 20.3 Å². The molecule has 2 N–H and O–H groups in total. The number of aryl methyl sites for hydroxylation is 2. The van der Waals surface area contributed by atoms with Gasteiger partial charge in [-0.3, -0.25) is 14.9 Å². The van der Waals surface area contributed by atoms with Gasteiger partial charge in [-0.25, -0.2) is 4.98 Å². The van der Waals surface area contributed by atoms with Crippen LogP contribution in [0.25, 0.3) is 0 Å². The topological polar surface area (TPSA) is 105 Å². The fraction of sp³-hybridized carbons (Fsp3) is 0.643. The fourth-order valence-electron chi connectivity index (χ4n) is 2.76. The molecule has 7 nitrogen and oxygen atoms in total. The van der Waals surface area contributed by atoms with Crippen molar-refractivity contribution >= 4 is 17.8 Å². The number of nitrogens with one attached hydrogen (secondary N) is 1. The van der Waals surface area contributed by atoms with Crippen molar-refractivity contribution in [3.8, 4) is 0 Å². The highest BCUT2D eigenvalue weighted by molar-refractivity contribution is 5.94. The van der Waals surface area contributed by atoms with E-state index in [4.69, 9.17) is 5.11 Å². The van der Waals surface area contributed by atoms with Gasteiger partial charge in [0.25, 0.3) is 0 Å². The van der Waals surface area contributed by atoms with Crippen molar-refractivity contribution in [2.45, 2.75) is 46.0 Å². The van der Waals surface area contributed by atoms with Crippen molar-refractivity contribution in [2.24, 2.45) is 11.8 Å². The summed E-state index contributed by atoms with van der Waals surface area (Å²) in [6.07, 6.45) is 3.33. The van der Waals surface area contributed by atoms with E-state index in [1.165, 1.54) is 0 Å². The molecule has 2 atom stereocenters. The van der Waals surface area contributed by atoms with Crippen molar-refractivity contribution in [3.05, 3.63) is 11.4 Å². The van der Waals surface area contributed by atoms with E-state index in [-0.39, 0.29) is 11.9 Å². The number of carbonyl (C=O) groups is 2. The van der Waals surface area contributed by atoms with Crippen LogP contribution in [0.4, 0.5) is 5.95 Å². The molecule has 0 aromatic carbocycles. The number of aliphatic carboxylic acids is 1. The van der Waals surface area contributed by atoms with E-state index in [9.17, 15) is 9.59 Å². The monoisotopic (exact) mass is 292 g/mol. The molecule has 0 saturated heterocycles. The minimum Gasteiger partial charge on any atom is -0.481 e. The highest BCUT2D eigenvalue weighted by atomic mass is 16.4. The molecule has 7 heteroatoms. The van der Waals surface area contributed by atoms with Gasteiger partial charge in [-0.2, -0.15) is 0 Å². The van der Waals surface area contributed by atoms with Gasteiger partial charge in [0.2, 0.25) is 11.9 Å². The summed E-state index contributed by atoms with van der Waals surface area (Å²) in [4.78, 5) is 27.6. The number of carbonyl (C=O) groups excluding carboxylic acids is 1. The largest absolute Gasteiger partial charge is 0.481 e. The summed E-state index contributed by atoms with van der Waals surface area (Å²) in [6.45, 7) is 3.94. The lowest BCUT2D eigenvalue weighted by Gasteiger charge is -2.15. The summed E-state index contributed by atoms with van der Waals surface area (Å²) < 4.78 is 0. The number of nitrogens with zero attached hydrogens (tertiary/aromatic N) is 3. The first-order chi connectivity index (χ1) is 10.1. The smallest absolute Gasteiger partial charge is 0.307 e. The zero-order valence-corrected chi connectivity index (χ0v) is 12.3. The van der Waals surface area contributed by atoms with Gasteiger partial charge >= 0.3 is 5.97 Å². The summed E-state index contributed by atoms with van der Waals surface area (Å²) in [7, 11) is 0. The molecular weight excluding hydrogens is 272 g/mol. The Morgan fingerprint density at radius 3 is 2.43 bits per heavy atom. The standard InChI is InChI=1S/C14H20N4O3/c1-3-10-11(4-2)17-18-14(15-10)16-12(19)8-6-5-7-9(8)13(20)21/h8-9H,3-7H2,1-2H3,(H,20,21)(H,15,16,18,19). The van der Waals surface area contributed by atoms with Gasteiger partial charge in [0.15, 0.2) is 0 Å². The Hall–Kier alpha value is -2.05. The first-order valence-corrected chi connectivity index (χ1v) is 7.32. The number of carboxylic acids is 1. The minimum atomic E-state index is -0.915. The molecule has 0 aliphatic heterocycles. The third-order valence-corrected chi connectivity index (χ3v) is 3.91. The minimum absolute atomic E-state index is 0.157. The van der Waals surface area contributed by atoms with Crippen molar-refractivity contribution in [2.75, 3.05) is 5.32 Å². The van der Waals surface area contributed by atoms with Crippen LogP contribution >= 0.6 is 0 Å². The van der Waals surface area contributed by atoms with Crippen LogP contribution in [0.1, 0.15) is 44.5 Å². The molecule has 2 rings (SSSR count). The van der Waals surface area contributed by atoms with E-state index in [0.717, 1.165) is 24.2 Å². The van der Waals surface area contributed by atoms with Crippen LogP contribution in [0, 0.1) is 11.8 Å². The van der Waals surface area contributed by atoms with Crippen molar-refractivity contribution < 1.29 is 14.7 Å².